The molecule has 0 bridgehead atoms. The Hall–Kier alpha value is -3.22. The van der Waals surface area contributed by atoms with Crippen molar-refractivity contribution in [3.05, 3.63) is 54.1 Å². The lowest BCUT2D eigenvalue weighted by molar-refractivity contribution is -0.121. The molecule has 2 heterocycles. The summed E-state index contributed by atoms with van der Waals surface area (Å²) in [6.45, 7) is 1.76. The van der Waals surface area contributed by atoms with Crippen LogP contribution in [0.4, 0.5) is 10.5 Å². The molecular formula is C19H19N3O4. The van der Waals surface area contributed by atoms with Crippen molar-refractivity contribution in [2.45, 2.75) is 6.54 Å². The van der Waals surface area contributed by atoms with E-state index in [9.17, 15) is 9.59 Å². The summed E-state index contributed by atoms with van der Waals surface area (Å²) in [6.07, 6.45) is 0. The lowest BCUT2D eigenvalue weighted by atomic mass is 10.2. The van der Waals surface area contributed by atoms with Crippen molar-refractivity contribution in [2.75, 3.05) is 31.3 Å². The molecule has 1 fully saturated rings. The molecule has 7 nitrogen and oxygen atoms in total. The Balaban J connectivity index is 1.30. The number of ether oxygens (including phenoxy) is 2. The molecule has 0 spiro atoms. The highest BCUT2D eigenvalue weighted by atomic mass is 16.7. The predicted molar refractivity (Wildman–Crippen MR) is 95.2 cm³/mol. The minimum absolute atomic E-state index is 0.0483. The van der Waals surface area contributed by atoms with Gasteiger partial charge in [0.05, 0.1) is 0 Å². The maximum Gasteiger partial charge on any atom is 0.325 e. The van der Waals surface area contributed by atoms with Gasteiger partial charge in [-0.05, 0) is 29.8 Å². The molecule has 2 aliphatic heterocycles. The Morgan fingerprint density at radius 3 is 2.69 bits per heavy atom. The number of fused-ring (bicyclic) bond motifs is 1. The summed E-state index contributed by atoms with van der Waals surface area (Å²) in [4.78, 5) is 27.9. The average molecular weight is 353 g/mol. The SMILES string of the molecule is O=C(CN1CCN(c2ccccc2)C1=O)NCc1ccc2c(c1)OCO2. The number of hydrogen-bond acceptors (Lipinski definition) is 4. The summed E-state index contributed by atoms with van der Waals surface area (Å²) < 4.78 is 10.6. The normalized spacial score (nSPS) is 15.5. The molecule has 7 heteroatoms. The summed E-state index contributed by atoms with van der Waals surface area (Å²) in [5.41, 5.74) is 1.77. The second-order valence-electron chi connectivity index (χ2n) is 6.16. The third-order valence-corrected chi connectivity index (χ3v) is 4.42. The fourth-order valence-corrected chi connectivity index (χ4v) is 3.06. The Bertz CT molecular complexity index is 825. The van der Waals surface area contributed by atoms with E-state index in [2.05, 4.69) is 5.32 Å². The average Bonchev–Trinajstić information content (AvgIpc) is 3.27. The molecule has 0 radical (unpaired) electrons. The van der Waals surface area contributed by atoms with Gasteiger partial charge >= 0.3 is 6.03 Å². The molecule has 0 atom stereocenters. The van der Waals surface area contributed by atoms with Crippen molar-refractivity contribution >= 4 is 17.6 Å². The summed E-state index contributed by atoms with van der Waals surface area (Å²) in [5.74, 6) is 1.21. The number of rotatable bonds is 5. The second-order valence-corrected chi connectivity index (χ2v) is 6.16. The van der Waals surface area contributed by atoms with Gasteiger partial charge in [0.1, 0.15) is 6.54 Å². The zero-order valence-electron chi connectivity index (χ0n) is 14.2. The molecular weight excluding hydrogens is 334 g/mol. The van der Waals surface area contributed by atoms with Gasteiger partial charge in [-0.15, -0.1) is 0 Å². The number of carbonyl (C=O) groups excluding carboxylic acids is 2. The quantitative estimate of drug-likeness (QED) is 0.892. The largest absolute Gasteiger partial charge is 0.454 e. The topological polar surface area (TPSA) is 71.1 Å². The van der Waals surface area contributed by atoms with E-state index in [1.165, 1.54) is 0 Å². The first-order valence-electron chi connectivity index (χ1n) is 8.47. The highest BCUT2D eigenvalue weighted by Gasteiger charge is 2.30. The van der Waals surface area contributed by atoms with Crippen molar-refractivity contribution in [3.8, 4) is 11.5 Å². The van der Waals surface area contributed by atoms with Gasteiger partial charge in [0.15, 0.2) is 11.5 Å². The molecule has 1 N–H and O–H groups in total. The zero-order valence-corrected chi connectivity index (χ0v) is 14.2. The van der Waals surface area contributed by atoms with Gasteiger partial charge in [0.2, 0.25) is 12.7 Å². The third-order valence-electron chi connectivity index (χ3n) is 4.42. The standard InChI is InChI=1S/C19H19N3O4/c23-18(20-11-14-6-7-16-17(10-14)26-13-25-16)12-21-8-9-22(19(21)24)15-4-2-1-3-5-15/h1-7,10H,8-9,11-13H2,(H,20,23). The number of para-hydroxylation sites is 1. The van der Waals surface area contributed by atoms with E-state index in [-0.39, 0.29) is 25.3 Å². The first-order chi connectivity index (χ1) is 12.7. The van der Waals surface area contributed by atoms with Crippen molar-refractivity contribution in [2.24, 2.45) is 0 Å². The van der Waals surface area contributed by atoms with Crippen LogP contribution in [0.3, 0.4) is 0 Å². The summed E-state index contributed by atoms with van der Waals surface area (Å²) in [6, 6.07) is 14.9. The molecule has 0 aliphatic carbocycles. The van der Waals surface area contributed by atoms with E-state index in [0.29, 0.717) is 31.1 Å². The molecule has 134 valence electrons. The van der Waals surface area contributed by atoms with Crippen molar-refractivity contribution in [1.29, 1.82) is 0 Å². The van der Waals surface area contributed by atoms with Crippen LogP contribution in [0.5, 0.6) is 11.5 Å². The van der Waals surface area contributed by atoms with Gasteiger partial charge in [0, 0.05) is 25.3 Å². The number of benzene rings is 2. The Morgan fingerprint density at radius 1 is 1.04 bits per heavy atom. The van der Waals surface area contributed by atoms with Gasteiger partial charge in [-0.2, -0.15) is 0 Å². The summed E-state index contributed by atoms with van der Waals surface area (Å²) in [7, 11) is 0. The van der Waals surface area contributed by atoms with Gasteiger partial charge in [-0.1, -0.05) is 24.3 Å². The predicted octanol–water partition coefficient (Wildman–Crippen LogP) is 1.97. The van der Waals surface area contributed by atoms with Crippen LogP contribution in [0.15, 0.2) is 48.5 Å². The van der Waals surface area contributed by atoms with Crippen LogP contribution in [0.25, 0.3) is 0 Å². The van der Waals surface area contributed by atoms with Crippen LogP contribution in [0.2, 0.25) is 0 Å². The van der Waals surface area contributed by atoms with E-state index in [4.69, 9.17) is 9.47 Å². The maximum absolute atomic E-state index is 12.5. The highest BCUT2D eigenvalue weighted by molar-refractivity contribution is 5.96. The fraction of sp³-hybridized carbons (Fsp3) is 0.263. The smallest absolute Gasteiger partial charge is 0.325 e. The van der Waals surface area contributed by atoms with Crippen LogP contribution >= 0.6 is 0 Å². The minimum Gasteiger partial charge on any atom is -0.454 e. The lowest BCUT2D eigenvalue weighted by Crippen LogP contribution is -2.39. The van der Waals surface area contributed by atoms with E-state index in [1.54, 1.807) is 9.80 Å². The molecule has 1 saturated heterocycles. The molecule has 2 aromatic carbocycles. The van der Waals surface area contributed by atoms with E-state index < -0.39 is 0 Å². The summed E-state index contributed by atoms with van der Waals surface area (Å²) in [5, 5.41) is 2.84. The van der Waals surface area contributed by atoms with E-state index in [0.717, 1.165) is 11.3 Å². The van der Waals surface area contributed by atoms with Crippen LogP contribution in [-0.4, -0.2) is 43.3 Å². The number of anilines is 1. The van der Waals surface area contributed by atoms with Gasteiger partial charge < -0.3 is 19.7 Å². The highest BCUT2D eigenvalue weighted by Crippen LogP contribution is 2.32. The molecule has 4 rings (SSSR count). The van der Waals surface area contributed by atoms with Crippen molar-refractivity contribution in [1.82, 2.24) is 10.2 Å². The molecule has 0 aromatic heterocycles. The summed E-state index contributed by atoms with van der Waals surface area (Å²) >= 11 is 0. The maximum atomic E-state index is 12.5. The van der Waals surface area contributed by atoms with Crippen LogP contribution in [0.1, 0.15) is 5.56 Å². The van der Waals surface area contributed by atoms with Crippen LogP contribution < -0.4 is 19.7 Å². The number of carbonyl (C=O) groups is 2. The number of nitrogens with one attached hydrogen (secondary N) is 1. The number of urea groups is 1. The molecule has 2 aliphatic rings. The Morgan fingerprint density at radius 2 is 1.85 bits per heavy atom. The Labute approximate surface area is 151 Å². The minimum atomic E-state index is -0.189. The molecule has 2 aromatic rings. The third kappa shape index (κ3) is 3.28. The Kier molecular flexibility index (Phi) is 4.35. The first-order valence-corrected chi connectivity index (χ1v) is 8.47. The van der Waals surface area contributed by atoms with Crippen molar-refractivity contribution < 1.29 is 19.1 Å². The van der Waals surface area contributed by atoms with Gasteiger partial charge in [-0.25, -0.2) is 4.79 Å². The molecule has 26 heavy (non-hydrogen) atoms. The van der Waals surface area contributed by atoms with Crippen LogP contribution in [-0.2, 0) is 11.3 Å². The molecule has 0 unspecified atom stereocenters. The number of hydrogen-bond donors (Lipinski definition) is 1. The number of nitrogens with zero attached hydrogens (tertiary/aromatic N) is 2. The zero-order chi connectivity index (χ0) is 17.9. The monoisotopic (exact) mass is 353 g/mol. The van der Waals surface area contributed by atoms with Gasteiger partial charge in [-0.3, -0.25) is 9.69 Å². The van der Waals surface area contributed by atoms with Gasteiger partial charge in [0.25, 0.3) is 0 Å². The van der Waals surface area contributed by atoms with Crippen LogP contribution in [0, 0.1) is 0 Å². The van der Waals surface area contributed by atoms with E-state index >= 15 is 0 Å². The lowest BCUT2D eigenvalue weighted by Gasteiger charge is -2.18. The first kappa shape index (κ1) is 16.3. The van der Waals surface area contributed by atoms with Crippen molar-refractivity contribution in [3.63, 3.8) is 0 Å². The molecule has 3 amide bonds. The molecule has 0 saturated carbocycles. The second kappa shape index (κ2) is 6.95. The van der Waals surface area contributed by atoms with E-state index in [1.807, 2.05) is 48.5 Å². The fourth-order valence-electron chi connectivity index (χ4n) is 3.06. The number of amides is 3.